The smallest absolute Gasteiger partial charge is 0.123 e. The summed E-state index contributed by atoms with van der Waals surface area (Å²) in [5, 5.41) is 3.50. The van der Waals surface area contributed by atoms with Gasteiger partial charge in [-0.1, -0.05) is 50.9 Å². The largest absolute Gasteiger partial charge is 0.310 e. The molecule has 0 saturated heterocycles. The fourth-order valence-corrected chi connectivity index (χ4v) is 3.25. The summed E-state index contributed by atoms with van der Waals surface area (Å²) in [6.45, 7) is 5.05. The van der Waals surface area contributed by atoms with Crippen LogP contribution in [0.2, 0.25) is 0 Å². The summed E-state index contributed by atoms with van der Waals surface area (Å²) < 4.78 is 15.5. The zero-order valence-corrected chi connectivity index (χ0v) is 15.3. The average molecular weight is 415 g/mol. The van der Waals surface area contributed by atoms with E-state index in [0.29, 0.717) is 0 Å². The molecule has 0 heterocycles. The predicted molar refractivity (Wildman–Crippen MR) is 93.1 cm³/mol. The molecule has 0 saturated carbocycles. The lowest BCUT2D eigenvalue weighted by Crippen LogP contribution is -2.24. The van der Waals surface area contributed by atoms with Gasteiger partial charge in [-0.3, -0.25) is 0 Å². The molecule has 0 aliphatic carbocycles. The molecule has 0 bridgehead atoms. The van der Waals surface area contributed by atoms with Gasteiger partial charge in [-0.2, -0.15) is 0 Å². The van der Waals surface area contributed by atoms with Gasteiger partial charge in [0.2, 0.25) is 0 Å². The molecular formula is C17H18Br2FN. The van der Waals surface area contributed by atoms with Gasteiger partial charge in [0.1, 0.15) is 5.82 Å². The second-order valence-corrected chi connectivity index (χ2v) is 6.71. The molecule has 21 heavy (non-hydrogen) atoms. The maximum absolute atomic E-state index is 13.5. The minimum absolute atomic E-state index is 0.158. The molecule has 1 unspecified atom stereocenters. The molecule has 0 amide bonds. The highest BCUT2D eigenvalue weighted by molar-refractivity contribution is 9.10. The van der Waals surface area contributed by atoms with E-state index in [1.54, 1.807) is 12.1 Å². The number of halogens is 3. The molecule has 0 spiro atoms. The fraction of sp³-hybridized carbons (Fsp3) is 0.294. The third-order valence-corrected chi connectivity index (χ3v) is 5.20. The molecule has 0 aromatic heterocycles. The highest BCUT2D eigenvalue weighted by Crippen LogP contribution is 2.29. The molecule has 2 aromatic carbocycles. The van der Waals surface area contributed by atoms with Crippen molar-refractivity contribution >= 4 is 31.9 Å². The number of likely N-dealkylation sites (N-methyl/N-ethyl adjacent to an activating group) is 1. The van der Waals surface area contributed by atoms with Crippen molar-refractivity contribution in [1.29, 1.82) is 0 Å². The zero-order valence-electron chi connectivity index (χ0n) is 12.1. The van der Waals surface area contributed by atoms with Crippen LogP contribution in [0.4, 0.5) is 4.39 Å². The van der Waals surface area contributed by atoms with Gasteiger partial charge < -0.3 is 5.32 Å². The Morgan fingerprint density at radius 3 is 2.62 bits per heavy atom. The van der Waals surface area contributed by atoms with E-state index < -0.39 is 0 Å². The first-order chi connectivity index (χ1) is 10.0. The Bertz CT molecular complexity index is 628. The van der Waals surface area contributed by atoms with E-state index in [0.717, 1.165) is 27.5 Å². The van der Waals surface area contributed by atoms with E-state index >= 15 is 0 Å². The number of hydrogen-bond donors (Lipinski definition) is 1. The van der Waals surface area contributed by atoms with Crippen LogP contribution in [0, 0.1) is 12.7 Å². The molecule has 1 atom stereocenters. The van der Waals surface area contributed by atoms with Gasteiger partial charge in [0.25, 0.3) is 0 Å². The summed E-state index contributed by atoms with van der Waals surface area (Å²) in [6, 6.07) is 11.2. The van der Waals surface area contributed by atoms with Gasteiger partial charge in [0.05, 0.1) is 0 Å². The lowest BCUT2D eigenvalue weighted by molar-refractivity contribution is 0.543. The summed E-state index contributed by atoms with van der Waals surface area (Å²) in [4.78, 5) is 0. The zero-order chi connectivity index (χ0) is 15.4. The molecule has 2 rings (SSSR count). The Kier molecular flexibility index (Phi) is 5.97. The van der Waals surface area contributed by atoms with Gasteiger partial charge in [-0.05, 0) is 60.8 Å². The topological polar surface area (TPSA) is 12.0 Å². The standard InChI is InChI=1S/C17H18Br2FN/c1-3-21-17(14-5-4-6-15(18)11(14)2)10-12-9-13(20)7-8-16(12)19/h4-9,17,21H,3,10H2,1-2H3. The molecular weight excluding hydrogens is 397 g/mol. The second-order valence-electron chi connectivity index (χ2n) is 5.00. The van der Waals surface area contributed by atoms with Crippen LogP contribution in [0.25, 0.3) is 0 Å². The Balaban J connectivity index is 2.35. The van der Waals surface area contributed by atoms with Crippen molar-refractivity contribution in [1.82, 2.24) is 5.32 Å². The van der Waals surface area contributed by atoms with Crippen molar-refractivity contribution in [2.24, 2.45) is 0 Å². The third kappa shape index (κ3) is 4.15. The molecule has 1 nitrogen and oxygen atoms in total. The Hall–Kier alpha value is -0.710. The summed E-state index contributed by atoms with van der Waals surface area (Å²) in [5.74, 6) is -0.200. The van der Waals surface area contributed by atoms with Crippen molar-refractivity contribution in [2.45, 2.75) is 26.3 Å². The van der Waals surface area contributed by atoms with Gasteiger partial charge in [-0.15, -0.1) is 0 Å². The summed E-state index contributed by atoms with van der Waals surface area (Å²) in [7, 11) is 0. The van der Waals surface area contributed by atoms with Crippen molar-refractivity contribution < 1.29 is 4.39 Å². The van der Waals surface area contributed by atoms with E-state index in [2.05, 4.69) is 57.1 Å². The number of rotatable bonds is 5. The van der Waals surface area contributed by atoms with Gasteiger partial charge in [0, 0.05) is 15.0 Å². The van der Waals surface area contributed by atoms with Crippen LogP contribution in [0.1, 0.15) is 29.7 Å². The van der Waals surface area contributed by atoms with E-state index in [1.807, 2.05) is 12.1 Å². The van der Waals surface area contributed by atoms with Crippen molar-refractivity contribution in [2.75, 3.05) is 6.54 Å². The fourth-order valence-electron chi connectivity index (χ4n) is 2.46. The number of benzene rings is 2. The lowest BCUT2D eigenvalue weighted by atomic mass is 9.95. The van der Waals surface area contributed by atoms with Gasteiger partial charge in [-0.25, -0.2) is 4.39 Å². The second kappa shape index (κ2) is 7.52. The van der Waals surface area contributed by atoms with Crippen LogP contribution in [0.15, 0.2) is 45.3 Å². The van der Waals surface area contributed by atoms with Crippen LogP contribution in [-0.4, -0.2) is 6.54 Å². The van der Waals surface area contributed by atoms with Crippen LogP contribution in [0.5, 0.6) is 0 Å². The minimum Gasteiger partial charge on any atom is -0.310 e. The van der Waals surface area contributed by atoms with Crippen LogP contribution in [0.3, 0.4) is 0 Å². The maximum Gasteiger partial charge on any atom is 0.123 e. The van der Waals surface area contributed by atoms with Crippen molar-refractivity contribution in [3.63, 3.8) is 0 Å². The molecule has 0 aliphatic heterocycles. The third-order valence-electron chi connectivity index (χ3n) is 3.57. The van der Waals surface area contributed by atoms with E-state index in [1.165, 1.54) is 17.2 Å². The summed E-state index contributed by atoms with van der Waals surface area (Å²) in [6.07, 6.45) is 0.740. The Labute approximate surface area is 142 Å². The molecule has 0 radical (unpaired) electrons. The monoisotopic (exact) mass is 413 g/mol. The Morgan fingerprint density at radius 1 is 1.14 bits per heavy atom. The first-order valence-corrected chi connectivity index (χ1v) is 8.53. The normalized spacial score (nSPS) is 12.4. The molecule has 112 valence electrons. The SMILES string of the molecule is CCNC(Cc1cc(F)ccc1Br)c1cccc(Br)c1C. The molecule has 0 aliphatic rings. The van der Waals surface area contributed by atoms with Crippen LogP contribution < -0.4 is 5.32 Å². The molecule has 1 N–H and O–H groups in total. The van der Waals surface area contributed by atoms with E-state index in [9.17, 15) is 4.39 Å². The van der Waals surface area contributed by atoms with Crippen LogP contribution in [-0.2, 0) is 6.42 Å². The predicted octanol–water partition coefficient (Wildman–Crippen LogP) is 5.55. The first kappa shape index (κ1) is 16.7. The summed E-state index contributed by atoms with van der Waals surface area (Å²) in [5.41, 5.74) is 3.43. The lowest BCUT2D eigenvalue weighted by Gasteiger charge is -2.22. The van der Waals surface area contributed by atoms with Crippen molar-refractivity contribution in [3.8, 4) is 0 Å². The minimum atomic E-state index is -0.200. The Morgan fingerprint density at radius 2 is 1.90 bits per heavy atom. The van der Waals surface area contributed by atoms with Gasteiger partial charge in [0.15, 0.2) is 0 Å². The highest BCUT2D eigenvalue weighted by atomic mass is 79.9. The van der Waals surface area contributed by atoms with Gasteiger partial charge >= 0.3 is 0 Å². The average Bonchev–Trinajstić information content (AvgIpc) is 2.45. The number of hydrogen-bond acceptors (Lipinski definition) is 1. The van der Waals surface area contributed by atoms with E-state index in [4.69, 9.17) is 0 Å². The molecule has 0 fully saturated rings. The number of nitrogens with one attached hydrogen (secondary N) is 1. The van der Waals surface area contributed by atoms with Crippen LogP contribution >= 0.6 is 31.9 Å². The molecule has 2 aromatic rings. The summed E-state index contributed by atoms with van der Waals surface area (Å²) >= 11 is 7.09. The maximum atomic E-state index is 13.5. The van der Waals surface area contributed by atoms with Crippen molar-refractivity contribution in [3.05, 3.63) is 67.9 Å². The van der Waals surface area contributed by atoms with E-state index in [-0.39, 0.29) is 11.9 Å². The first-order valence-electron chi connectivity index (χ1n) is 6.95. The molecule has 4 heteroatoms. The highest BCUT2D eigenvalue weighted by Gasteiger charge is 2.16. The quantitative estimate of drug-likeness (QED) is 0.675.